The highest BCUT2D eigenvalue weighted by atomic mass is 32.1. The lowest BCUT2D eigenvalue weighted by atomic mass is 9.97. The second kappa shape index (κ2) is 7.93. The molecule has 1 aromatic carbocycles. The minimum Gasteiger partial charge on any atom is -0.497 e. The van der Waals surface area contributed by atoms with Gasteiger partial charge in [0, 0.05) is 35.8 Å². The summed E-state index contributed by atoms with van der Waals surface area (Å²) in [7, 11) is 1.69. The molecular formula is C22H23N5OS. The zero-order chi connectivity index (χ0) is 19.6. The normalized spacial score (nSPS) is 17.6. The average Bonchev–Trinajstić information content (AvgIpc) is 3.43. The number of methoxy groups -OCH3 is 1. The van der Waals surface area contributed by atoms with Crippen LogP contribution in [0.3, 0.4) is 0 Å². The van der Waals surface area contributed by atoms with Gasteiger partial charge in [-0.15, -0.1) is 11.3 Å². The summed E-state index contributed by atoms with van der Waals surface area (Å²) in [4.78, 5) is 11.7. The Morgan fingerprint density at radius 2 is 2.17 bits per heavy atom. The molecule has 3 aromatic heterocycles. The third-order valence-corrected chi connectivity index (χ3v) is 6.23. The van der Waals surface area contributed by atoms with E-state index >= 15 is 0 Å². The molecule has 6 nitrogen and oxygen atoms in total. The number of likely N-dealkylation sites (tertiary alicyclic amines) is 1. The summed E-state index contributed by atoms with van der Waals surface area (Å²) in [5, 5.41) is 8.05. The Labute approximate surface area is 173 Å². The molecule has 29 heavy (non-hydrogen) atoms. The number of hydrogen-bond acceptors (Lipinski definition) is 6. The highest BCUT2D eigenvalue weighted by Crippen LogP contribution is 2.28. The zero-order valence-electron chi connectivity index (χ0n) is 16.4. The topological polar surface area (TPSA) is 55.5 Å². The summed E-state index contributed by atoms with van der Waals surface area (Å²) >= 11 is 1.72. The Kier molecular flexibility index (Phi) is 4.99. The molecule has 7 heteroatoms. The van der Waals surface area contributed by atoms with Gasteiger partial charge in [0.05, 0.1) is 13.7 Å². The first-order chi connectivity index (χ1) is 14.3. The van der Waals surface area contributed by atoms with E-state index in [2.05, 4.69) is 28.2 Å². The predicted molar refractivity (Wildman–Crippen MR) is 114 cm³/mol. The molecule has 0 amide bonds. The highest BCUT2D eigenvalue weighted by molar-refractivity contribution is 7.09. The van der Waals surface area contributed by atoms with Gasteiger partial charge in [-0.05, 0) is 49.2 Å². The third kappa shape index (κ3) is 3.88. The molecule has 1 fully saturated rings. The molecule has 0 saturated carbocycles. The Morgan fingerprint density at radius 1 is 1.21 bits per heavy atom. The van der Waals surface area contributed by atoms with E-state index in [9.17, 15) is 0 Å². The van der Waals surface area contributed by atoms with Gasteiger partial charge in [-0.1, -0.05) is 12.1 Å². The number of aromatic nitrogens is 4. The van der Waals surface area contributed by atoms with E-state index in [-0.39, 0.29) is 0 Å². The summed E-state index contributed by atoms with van der Waals surface area (Å²) in [6.07, 6.45) is 6.23. The highest BCUT2D eigenvalue weighted by Gasteiger charge is 2.25. The fraction of sp³-hybridized carbons (Fsp3) is 0.318. The smallest absolute Gasteiger partial charge is 0.156 e. The van der Waals surface area contributed by atoms with Crippen LogP contribution in [0.5, 0.6) is 5.75 Å². The van der Waals surface area contributed by atoms with E-state index in [1.807, 2.05) is 40.4 Å². The Balaban J connectivity index is 1.38. The second-order valence-corrected chi connectivity index (χ2v) is 8.40. The molecule has 1 aliphatic rings. The van der Waals surface area contributed by atoms with Gasteiger partial charge < -0.3 is 4.74 Å². The number of fused-ring (bicyclic) bond motifs is 1. The second-order valence-electron chi connectivity index (χ2n) is 7.42. The summed E-state index contributed by atoms with van der Waals surface area (Å²) in [5.41, 5.74) is 3.10. The molecule has 0 unspecified atom stereocenters. The number of rotatable bonds is 5. The number of thiazole rings is 1. The van der Waals surface area contributed by atoms with Crippen molar-refractivity contribution in [3.05, 3.63) is 65.0 Å². The Bertz CT molecular complexity index is 1110. The van der Waals surface area contributed by atoms with Crippen LogP contribution in [-0.2, 0) is 6.54 Å². The lowest BCUT2D eigenvalue weighted by molar-refractivity contribution is 0.196. The minimum absolute atomic E-state index is 0.365. The van der Waals surface area contributed by atoms with E-state index < -0.39 is 0 Å². The van der Waals surface area contributed by atoms with Gasteiger partial charge >= 0.3 is 0 Å². The molecule has 5 rings (SSSR count). The van der Waals surface area contributed by atoms with Crippen LogP contribution < -0.4 is 4.74 Å². The molecule has 4 heterocycles. The van der Waals surface area contributed by atoms with Crippen molar-refractivity contribution in [1.82, 2.24) is 24.5 Å². The maximum absolute atomic E-state index is 5.35. The van der Waals surface area contributed by atoms with Crippen LogP contribution in [0.15, 0.2) is 54.2 Å². The number of nitrogens with zero attached hydrogens (tertiary/aromatic N) is 5. The molecular weight excluding hydrogens is 382 g/mol. The van der Waals surface area contributed by atoms with Crippen LogP contribution in [0.4, 0.5) is 0 Å². The van der Waals surface area contributed by atoms with E-state index in [4.69, 9.17) is 14.8 Å². The summed E-state index contributed by atoms with van der Waals surface area (Å²) < 4.78 is 7.26. The Hall–Kier alpha value is -2.77. The number of pyridine rings is 1. The van der Waals surface area contributed by atoms with Gasteiger partial charge in [0.15, 0.2) is 11.5 Å². The first-order valence-electron chi connectivity index (χ1n) is 9.90. The van der Waals surface area contributed by atoms with E-state index in [1.165, 1.54) is 11.4 Å². The van der Waals surface area contributed by atoms with E-state index in [1.54, 1.807) is 18.4 Å². The van der Waals surface area contributed by atoms with Crippen LogP contribution in [-0.4, -0.2) is 44.7 Å². The van der Waals surface area contributed by atoms with Crippen molar-refractivity contribution in [3.8, 4) is 16.9 Å². The van der Waals surface area contributed by atoms with Crippen LogP contribution >= 0.6 is 11.3 Å². The lowest BCUT2D eigenvalue weighted by Gasteiger charge is -2.30. The Morgan fingerprint density at radius 3 is 3.03 bits per heavy atom. The fourth-order valence-corrected chi connectivity index (χ4v) is 4.64. The maximum Gasteiger partial charge on any atom is 0.156 e. The van der Waals surface area contributed by atoms with E-state index in [0.717, 1.165) is 54.4 Å². The fourth-order valence-electron chi connectivity index (χ4n) is 3.98. The lowest BCUT2D eigenvalue weighted by Crippen LogP contribution is -2.34. The monoisotopic (exact) mass is 405 g/mol. The average molecular weight is 406 g/mol. The predicted octanol–water partition coefficient (Wildman–Crippen LogP) is 4.24. The first-order valence-corrected chi connectivity index (χ1v) is 10.8. The van der Waals surface area contributed by atoms with Crippen molar-refractivity contribution in [3.63, 3.8) is 0 Å². The summed E-state index contributed by atoms with van der Waals surface area (Å²) in [6, 6.07) is 12.2. The van der Waals surface area contributed by atoms with Crippen LogP contribution in [0.2, 0.25) is 0 Å². The standard InChI is InChI=1S/C22H23N5OS/c1-28-19-6-2-4-16(12-19)17-7-8-20-24-22(25-27(20)14-17)18-5-3-10-26(13-18)15-21-23-9-11-29-21/h2,4,6-9,11-12,14,18H,3,5,10,13,15H2,1H3/t18-/m1/s1. The van der Waals surface area contributed by atoms with Gasteiger partial charge in [-0.3, -0.25) is 4.90 Å². The van der Waals surface area contributed by atoms with Crippen LogP contribution in [0.25, 0.3) is 16.8 Å². The molecule has 0 N–H and O–H groups in total. The molecule has 1 atom stereocenters. The van der Waals surface area contributed by atoms with Gasteiger partial charge in [0.1, 0.15) is 10.8 Å². The number of ether oxygens (including phenoxy) is 1. The molecule has 4 aromatic rings. The molecule has 0 aliphatic carbocycles. The van der Waals surface area contributed by atoms with Crippen molar-refractivity contribution in [2.45, 2.75) is 25.3 Å². The molecule has 0 spiro atoms. The van der Waals surface area contributed by atoms with Crippen molar-refractivity contribution in [1.29, 1.82) is 0 Å². The molecule has 148 valence electrons. The van der Waals surface area contributed by atoms with E-state index in [0.29, 0.717) is 5.92 Å². The quantitative estimate of drug-likeness (QED) is 0.497. The largest absolute Gasteiger partial charge is 0.497 e. The molecule has 1 aliphatic heterocycles. The minimum atomic E-state index is 0.365. The van der Waals surface area contributed by atoms with Gasteiger partial charge in [0.25, 0.3) is 0 Å². The number of piperidine rings is 1. The summed E-state index contributed by atoms with van der Waals surface area (Å²) in [5.74, 6) is 2.16. The van der Waals surface area contributed by atoms with Crippen molar-refractivity contribution in [2.24, 2.45) is 0 Å². The molecule has 0 radical (unpaired) electrons. The SMILES string of the molecule is COc1cccc(-c2ccc3nc([C@@H]4CCCN(Cc5nccs5)C4)nn3c2)c1. The van der Waals surface area contributed by atoms with Gasteiger partial charge in [-0.25, -0.2) is 14.5 Å². The van der Waals surface area contributed by atoms with Crippen LogP contribution in [0.1, 0.15) is 29.6 Å². The first kappa shape index (κ1) is 18.3. The van der Waals surface area contributed by atoms with Crippen molar-refractivity contribution < 1.29 is 4.74 Å². The number of benzene rings is 1. The van der Waals surface area contributed by atoms with Crippen LogP contribution in [0, 0.1) is 0 Å². The number of hydrogen-bond donors (Lipinski definition) is 0. The molecule has 1 saturated heterocycles. The zero-order valence-corrected chi connectivity index (χ0v) is 17.2. The van der Waals surface area contributed by atoms with Crippen molar-refractivity contribution >= 4 is 17.0 Å². The molecule has 0 bridgehead atoms. The van der Waals surface area contributed by atoms with Gasteiger partial charge in [-0.2, -0.15) is 5.10 Å². The maximum atomic E-state index is 5.35. The van der Waals surface area contributed by atoms with Crippen molar-refractivity contribution in [2.75, 3.05) is 20.2 Å². The van der Waals surface area contributed by atoms with Gasteiger partial charge in [0.2, 0.25) is 0 Å². The summed E-state index contributed by atoms with van der Waals surface area (Å²) in [6.45, 7) is 3.02. The third-order valence-electron chi connectivity index (χ3n) is 5.46.